The van der Waals surface area contributed by atoms with E-state index in [9.17, 15) is 4.79 Å². The van der Waals surface area contributed by atoms with Gasteiger partial charge in [-0.1, -0.05) is 11.6 Å². The molecule has 1 aromatic heterocycles. The van der Waals surface area contributed by atoms with E-state index < -0.39 is 0 Å². The maximum Gasteiger partial charge on any atom is 0.176 e. The number of pyridine rings is 1. The van der Waals surface area contributed by atoms with E-state index in [1.807, 2.05) is 6.92 Å². The number of nitrogens with zero attached hydrogens (tertiary/aromatic N) is 1. The Balaban J connectivity index is 2.94. The number of aryl methyl sites for hydroxylation is 1. The van der Waals surface area contributed by atoms with Crippen molar-refractivity contribution >= 4 is 17.4 Å². The van der Waals surface area contributed by atoms with Crippen LogP contribution in [-0.2, 0) is 0 Å². The topological polar surface area (TPSA) is 42.0 Å². The molecule has 4 heteroatoms. The summed E-state index contributed by atoms with van der Waals surface area (Å²) in [5.41, 5.74) is 1.36. The standard InChI is InChI=1S/C9H11ClN2O/c1-6-3-7(4-9(10)12-6)8(13)5-11-2/h3-4,11H,5H2,1-2H3. The predicted molar refractivity (Wildman–Crippen MR) is 52.2 cm³/mol. The largest absolute Gasteiger partial charge is 0.313 e. The molecule has 13 heavy (non-hydrogen) atoms. The van der Waals surface area contributed by atoms with Crippen LogP contribution in [0.2, 0.25) is 5.15 Å². The Labute approximate surface area is 82.1 Å². The summed E-state index contributed by atoms with van der Waals surface area (Å²) in [6.07, 6.45) is 0. The number of aromatic nitrogens is 1. The molecule has 0 amide bonds. The van der Waals surface area contributed by atoms with Gasteiger partial charge in [-0.25, -0.2) is 4.98 Å². The molecule has 0 unspecified atom stereocenters. The molecule has 0 aliphatic rings. The summed E-state index contributed by atoms with van der Waals surface area (Å²) in [5, 5.41) is 3.15. The highest BCUT2D eigenvalue weighted by atomic mass is 35.5. The molecule has 0 aromatic carbocycles. The van der Waals surface area contributed by atoms with Crippen molar-refractivity contribution in [1.82, 2.24) is 10.3 Å². The molecule has 0 atom stereocenters. The van der Waals surface area contributed by atoms with Crippen LogP contribution in [0.5, 0.6) is 0 Å². The van der Waals surface area contributed by atoms with E-state index in [0.717, 1.165) is 5.69 Å². The van der Waals surface area contributed by atoms with Gasteiger partial charge >= 0.3 is 0 Å². The van der Waals surface area contributed by atoms with Gasteiger partial charge in [0.25, 0.3) is 0 Å². The Hall–Kier alpha value is -0.930. The van der Waals surface area contributed by atoms with Crippen molar-refractivity contribution in [1.29, 1.82) is 0 Å². The summed E-state index contributed by atoms with van der Waals surface area (Å²) in [7, 11) is 1.73. The maximum atomic E-state index is 11.4. The molecule has 0 aliphatic carbocycles. The third-order valence-electron chi connectivity index (χ3n) is 1.58. The summed E-state index contributed by atoms with van der Waals surface area (Å²) in [4.78, 5) is 15.4. The van der Waals surface area contributed by atoms with Gasteiger partial charge in [0.2, 0.25) is 0 Å². The minimum absolute atomic E-state index is 0.0231. The van der Waals surface area contributed by atoms with Gasteiger partial charge < -0.3 is 5.32 Å². The molecule has 0 radical (unpaired) electrons. The molecule has 70 valence electrons. The molecule has 0 bridgehead atoms. The first-order valence-electron chi connectivity index (χ1n) is 3.95. The zero-order chi connectivity index (χ0) is 9.84. The third-order valence-corrected chi connectivity index (χ3v) is 1.78. The lowest BCUT2D eigenvalue weighted by Gasteiger charge is -2.01. The van der Waals surface area contributed by atoms with Crippen LogP contribution in [0.15, 0.2) is 12.1 Å². The molecule has 0 saturated heterocycles. The Morgan fingerprint density at radius 1 is 1.62 bits per heavy atom. The zero-order valence-electron chi connectivity index (χ0n) is 7.60. The number of carbonyl (C=O) groups excluding carboxylic acids is 1. The smallest absolute Gasteiger partial charge is 0.176 e. The maximum absolute atomic E-state index is 11.4. The first-order valence-corrected chi connectivity index (χ1v) is 4.33. The molecular formula is C9H11ClN2O. The molecule has 1 N–H and O–H groups in total. The monoisotopic (exact) mass is 198 g/mol. The lowest BCUT2D eigenvalue weighted by molar-refractivity contribution is 0.0993. The van der Waals surface area contributed by atoms with Crippen LogP contribution in [-0.4, -0.2) is 24.4 Å². The Morgan fingerprint density at radius 2 is 2.31 bits per heavy atom. The van der Waals surface area contributed by atoms with E-state index >= 15 is 0 Å². The first-order chi connectivity index (χ1) is 6.13. The number of hydrogen-bond donors (Lipinski definition) is 1. The van der Waals surface area contributed by atoms with Gasteiger partial charge in [-0.2, -0.15) is 0 Å². The number of ketones is 1. The molecule has 1 aromatic rings. The van der Waals surface area contributed by atoms with E-state index in [0.29, 0.717) is 17.3 Å². The van der Waals surface area contributed by atoms with Crippen molar-refractivity contribution in [2.24, 2.45) is 0 Å². The number of nitrogens with one attached hydrogen (secondary N) is 1. The summed E-state index contributed by atoms with van der Waals surface area (Å²) in [6.45, 7) is 2.13. The molecule has 1 rings (SSSR count). The molecule has 1 heterocycles. The fourth-order valence-corrected chi connectivity index (χ4v) is 1.30. The van der Waals surface area contributed by atoms with Crippen molar-refractivity contribution in [2.75, 3.05) is 13.6 Å². The van der Waals surface area contributed by atoms with Crippen LogP contribution in [0.25, 0.3) is 0 Å². The van der Waals surface area contributed by atoms with Gasteiger partial charge in [0.05, 0.1) is 6.54 Å². The van der Waals surface area contributed by atoms with Crippen LogP contribution < -0.4 is 5.32 Å². The number of likely N-dealkylation sites (N-methyl/N-ethyl adjacent to an activating group) is 1. The van der Waals surface area contributed by atoms with Crippen molar-refractivity contribution in [3.8, 4) is 0 Å². The highest BCUT2D eigenvalue weighted by Gasteiger charge is 2.06. The van der Waals surface area contributed by atoms with Crippen LogP contribution in [0.4, 0.5) is 0 Å². The lowest BCUT2D eigenvalue weighted by Crippen LogP contribution is -2.18. The molecule has 0 spiro atoms. The summed E-state index contributed by atoms with van der Waals surface area (Å²) >= 11 is 5.71. The minimum atomic E-state index is 0.0231. The fraction of sp³-hybridized carbons (Fsp3) is 0.333. The van der Waals surface area contributed by atoms with E-state index in [-0.39, 0.29) is 5.78 Å². The first kappa shape index (κ1) is 10.2. The Bertz CT molecular complexity index is 305. The van der Waals surface area contributed by atoms with E-state index in [1.54, 1.807) is 19.2 Å². The average Bonchev–Trinajstić information content (AvgIpc) is 2.03. The number of carbonyl (C=O) groups is 1. The van der Waals surface area contributed by atoms with Gasteiger partial charge in [-0.3, -0.25) is 4.79 Å². The Kier molecular flexibility index (Phi) is 3.39. The van der Waals surface area contributed by atoms with E-state index in [4.69, 9.17) is 11.6 Å². The normalized spacial score (nSPS) is 10.1. The predicted octanol–water partition coefficient (Wildman–Crippen LogP) is 1.45. The number of Topliss-reactive ketones (excluding diaryl/α,β-unsaturated/α-hetero) is 1. The second kappa shape index (κ2) is 4.35. The van der Waals surface area contributed by atoms with Crippen LogP contribution in [0.3, 0.4) is 0 Å². The average molecular weight is 199 g/mol. The van der Waals surface area contributed by atoms with Gasteiger partial charge in [-0.05, 0) is 26.1 Å². The van der Waals surface area contributed by atoms with E-state index in [2.05, 4.69) is 10.3 Å². The molecule has 0 fully saturated rings. The van der Waals surface area contributed by atoms with Gasteiger partial charge in [0, 0.05) is 11.3 Å². The number of halogens is 1. The highest BCUT2D eigenvalue weighted by Crippen LogP contribution is 2.10. The summed E-state index contributed by atoms with van der Waals surface area (Å²) in [6, 6.07) is 3.31. The molecular weight excluding hydrogens is 188 g/mol. The van der Waals surface area contributed by atoms with Gasteiger partial charge in [0.1, 0.15) is 5.15 Å². The van der Waals surface area contributed by atoms with Crippen LogP contribution in [0.1, 0.15) is 16.1 Å². The van der Waals surface area contributed by atoms with Crippen molar-refractivity contribution < 1.29 is 4.79 Å². The fourth-order valence-electron chi connectivity index (χ4n) is 1.05. The summed E-state index contributed by atoms with van der Waals surface area (Å²) < 4.78 is 0. The van der Waals surface area contributed by atoms with Crippen molar-refractivity contribution in [3.63, 3.8) is 0 Å². The third kappa shape index (κ3) is 2.79. The molecule has 0 saturated carbocycles. The number of rotatable bonds is 3. The van der Waals surface area contributed by atoms with Gasteiger partial charge in [0.15, 0.2) is 5.78 Å². The van der Waals surface area contributed by atoms with Crippen LogP contribution >= 0.6 is 11.6 Å². The van der Waals surface area contributed by atoms with Crippen LogP contribution in [0, 0.1) is 6.92 Å². The van der Waals surface area contributed by atoms with Crippen molar-refractivity contribution in [3.05, 3.63) is 28.5 Å². The second-order valence-electron chi connectivity index (χ2n) is 2.77. The lowest BCUT2D eigenvalue weighted by atomic mass is 10.1. The van der Waals surface area contributed by atoms with Gasteiger partial charge in [-0.15, -0.1) is 0 Å². The van der Waals surface area contributed by atoms with E-state index in [1.165, 1.54) is 0 Å². The van der Waals surface area contributed by atoms with Crippen molar-refractivity contribution in [2.45, 2.75) is 6.92 Å². The molecule has 3 nitrogen and oxygen atoms in total. The summed E-state index contributed by atoms with van der Waals surface area (Å²) in [5.74, 6) is 0.0231. The minimum Gasteiger partial charge on any atom is -0.313 e. The highest BCUT2D eigenvalue weighted by molar-refractivity contribution is 6.29. The zero-order valence-corrected chi connectivity index (χ0v) is 8.35. The number of hydrogen-bond acceptors (Lipinski definition) is 3. The SMILES string of the molecule is CNCC(=O)c1cc(C)nc(Cl)c1. The molecule has 0 aliphatic heterocycles. The quantitative estimate of drug-likeness (QED) is 0.591. The second-order valence-corrected chi connectivity index (χ2v) is 3.16. The Morgan fingerprint density at radius 3 is 2.85 bits per heavy atom.